The van der Waals surface area contributed by atoms with Gasteiger partial charge in [0.15, 0.2) is 5.65 Å². The Morgan fingerprint density at radius 1 is 1.17 bits per heavy atom. The molecule has 0 fully saturated rings. The van der Waals surface area contributed by atoms with Gasteiger partial charge in [0.1, 0.15) is 11.5 Å². The van der Waals surface area contributed by atoms with Crippen molar-refractivity contribution in [3.8, 4) is 11.3 Å². The van der Waals surface area contributed by atoms with Gasteiger partial charge in [0.2, 0.25) is 0 Å². The summed E-state index contributed by atoms with van der Waals surface area (Å²) in [5, 5.41) is 7.72. The topological polar surface area (TPSA) is 72.2 Å². The van der Waals surface area contributed by atoms with Gasteiger partial charge in [-0.05, 0) is 26.0 Å². The number of halogens is 3. The number of rotatable bonds is 3. The molecular formula is C19H14F3N5OS. The zero-order chi connectivity index (χ0) is 20.8. The first-order valence-electron chi connectivity index (χ1n) is 8.51. The zero-order valence-corrected chi connectivity index (χ0v) is 16.1. The van der Waals surface area contributed by atoms with Gasteiger partial charge in [-0.25, -0.2) is 9.97 Å². The molecule has 4 rings (SSSR count). The highest BCUT2D eigenvalue weighted by atomic mass is 32.1. The maximum atomic E-state index is 13.4. The Kier molecular flexibility index (Phi) is 4.58. The van der Waals surface area contributed by atoms with Gasteiger partial charge in [0, 0.05) is 22.7 Å². The first-order valence-corrected chi connectivity index (χ1v) is 9.32. The number of benzene rings is 1. The molecular weight excluding hydrogens is 403 g/mol. The smallest absolute Gasteiger partial charge is 0.305 e. The Hall–Kier alpha value is -3.27. The molecule has 0 aliphatic rings. The molecule has 0 spiro atoms. The van der Waals surface area contributed by atoms with Gasteiger partial charge in [0.05, 0.1) is 16.3 Å². The van der Waals surface area contributed by atoms with E-state index in [0.717, 1.165) is 16.0 Å². The first-order chi connectivity index (χ1) is 13.7. The predicted molar refractivity (Wildman–Crippen MR) is 103 cm³/mol. The molecule has 3 aromatic heterocycles. The highest BCUT2D eigenvalue weighted by molar-refractivity contribution is 7.11. The monoisotopic (exact) mass is 417 g/mol. The fourth-order valence-corrected chi connectivity index (χ4v) is 3.81. The minimum Gasteiger partial charge on any atom is -0.305 e. The van der Waals surface area contributed by atoms with Crippen molar-refractivity contribution in [3.63, 3.8) is 0 Å². The molecule has 6 nitrogen and oxygen atoms in total. The molecule has 148 valence electrons. The van der Waals surface area contributed by atoms with Gasteiger partial charge in [0.25, 0.3) is 5.91 Å². The molecule has 0 saturated carbocycles. The van der Waals surface area contributed by atoms with Crippen LogP contribution in [-0.2, 0) is 6.18 Å². The Morgan fingerprint density at radius 3 is 2.62 bits per heavy atom. The van der Waals surface area contributed by atoms with E-state index in [1.807, 2.05) is 0 Å². The number of carbonyl (C=O) groups excluding carboxylic acids is 1. The standard InChI is InChI=1S/C19H14F3N5OS/c1-10-17(24-11(2)29-10)18(28)25-15-7-8-23-16-9-14(26-27(15)16)12-5-3-4-6-13(12)19(20,21)22/h3-9H,1-2H3,(H,25,28). The molecule has 1 aromatic carbocycles. The van der Waals surface area contributed by atoms with Crippen molar-refractivity contribution in [2.24, 2.45) is 0 Å². The fourth-order valence-electron chi connectivity index (χ4n) is 2.99. The Labute approximate surface area is 167 Å². The summed E-state index contributed by atoms with van der Waals surface area (Å²) < 4.78 is 41.4. The third-order valence-electron chi connectivity index (χ3n) is 4.23. The van der Waals surface area contributed by atoms with E-state index in [4.69, 9.17) is 0 Å². The number of aryl methyl sites for hydroxylation is 2. The second kappa shape index (κ2) is 6.96. The van der Waals surface area contributed by atoms with E-state index in [1.54, 1.807) is 13.8 Å². The normalized spacial score (nSPS) is 11.8. The number of anilines is 1. The van der Waals surface area contributed by atoms with Crippen LogP contribution < -0.4 is 5.32 Å². The summed E-state index contributed by atoms with van der Waals surface area (Å²) in [6.45, 7) is 3.60. The zero-order valence-electron chi connectivity index (χ0n) is 15.3. The summed E-state index contributed by atoms with van der Waals surface area (Å²) in [6.07, 6.45) is -3.07. The summed E-state index contributed by atoms with van der Waals surface area (Å²) >= 11 is 1.40. The van der Waals surface area contributed by atoms with Crippen LogP contribution in [0.1, 0.15) is 25.9 Å². The number of carbonyl (C=O) groups is 1. The number of aromatic nitrogens is 4. The quantitative estimate of drug-likeness (QED) is 0.523. The van der Waals surface area contributed by atoms with E-state index in [1.165, 1.54) is 52.4 Å². The predicted octanol–water partition coefficient (Wildman–Crippen LogP) is 4.74. The summed E-state index contributed by atoms with van der Waals surface area (Å²) in [5.74, 6) is -0.145. The third kappa shape index (κ3) is 3.58. The van der Waals surface area contributed by atoms with E-state index >= 15 is 0 Å². The largest absolute Gasteiger partial charge is 0.417 e. The molecule has 0 radical (unpaired) electrons. The lowest BCUT2D eigenvalue weighted by atomic mass is 10.0. The lowest BCUT2D eigenvalue weighted by molar-refractivity contribution is -0.137. The molecule has 4 aromatic rings. The minimum atomic E-state index is -4.52. The van der Waals surface area contributed by atoms with Crippen molar-refractivity contribution < 1.29 is 18.0 Å². The first kappa shape index (κ1) is 19.1. The summed E-state index contributed by atoms with van der Waals surface area (Å²) in [4.78, 5) is 21.7. The maximum Gasteiger partial charge on any atom is 0.417 e. The van der Waals surface area contributed by atoms with Crippen LogP contribution in [-0.4, -0.2) is 25.5 Å². The Morgan fingerprint density at radius 2 is 1.93 bits per heavy atom. The Bertz CT molecular complexity index is 1230. The summed E-state index contributed by atoms with van der Waals surface area (Å²) in [5.41, 5.74) is -0.141. The molecule has 1 amide bonds. The van der Waals surface area contributed by atoms with Gasteiger partial charge in [-0.1, -0.05) is 18.2 Å². The van der Waals surface area contributed by atoms with E-state index < -0.39 is 17.6 Å². The van der Waals surface area contributed by atoms with Crippen LogP contribution in [0.3, 0.4) is 0 Å². The maximum absolute atomic E-state index is 13.4. The van der Waals surface area contributed by atoms with Gasteiger partial charge >= 0.3 is 6.18 Å². The average Bonchev–Trinajstić information content (AvgIpc) is 3.24. The van der Waals surface area contributed by atoms with Gasteiger partial charge < -0.3 is 5.32 Å². The number of thiazole rings is 1. The molecule has 29 heavy (non-hydrogen) atoms. The highest BCUT2D eigenvalue weighted by Crippen LogP contribution is 2.36. The molecule has 0 saturated heterocycles. The molecule has 0 atom stereocenters. The van der Waals surface area contributed by atoms with Crippen molar-refractivity contribution in [1.82, 2.24) is 19.6 Å². The van der Waals surface area contributed by atoms with E-state index in [2.05, 4.69) is 20.4 Å². The lowest BCUT2D eigenvalue weighted by Gasteiger charge is -2.10. The molecule has 0 aliphatic heterocycles. The van der Waals surface area contributed by atoms with Crippen LogP contribution in [0.25, 0.3) is 16.9 Å². The summed E-state index contributed by atoms with van der Waals surface area (Å²) in [7, 11) is 0. The highest BCUT2D eigenvalue weighted by Gasteiger charge is 2.34. The van der Waals surface area contributed by atoms with E-state index in [-0.39, 0.29) is 17.1 Å². The van der Waals surface area contributed by atoms with Crippen molar-refractivity contribution in [1.29, 1.82) is 0 Å². The van der Waals surface area contributed by atoms with Crippen molar-refractivity contribution in [3.05, 3.63) is 63.7 Å². The van der Waals surface area contributed by atoms with Crippen LogP contribution in [0, 0.1) is 13.8 Å². The van der Waals surface area contributed by atoms with Crippen molar-refractivity contribution in [2.45, 2.75) is 20.0 Å². The second-order valence-electron chi connectivity index (χ2n) is 6.26. The van der Waals surface area contributed by atoms with Crippen LogP contribution >= 0.6 is 11.3 Å². The second-order valence-corrected chi connectivity index (χ2v) is 7.67. The van der Waals surface area contributed by atoms with E-state index in [0.29, 0.717) is 11.3 Å². The van der Waals surface area contributed by atoms with E-state index in [9.17, 15) is 18.0 Å². The van der Waals surface area contributed by atoms with Gasteiger partial charge in [-0.2, -0.15) is 22.8 Å². The molecule has 0 unspecified atom stereocenters. The minimum absolute atomic E-state index is 0.0613. The molecule has 1 N–H and O–H groups in total. The fraction of sp³-hybridized carbons (Fsp3) is 0.158. The Balaban J connectivity index is 1.76. The molecule has 3 heterocycles. The average molecular weight is 417 g/mol. The molecule has 0 bridgehead atoms. The summed E-state index contributed by atoms with van der Waals surface area (Å²) in [6, 6.07) is 8.15. The molecule has 0 aliphatic carbocycles. The third-order valence-corrected chi connectivity index (χ3v) is 5.11. The lowest BCUT2D eigenvalue weighted by Crippen LogP contribution is -2.16. The van der Waals surface area contributed by atoms with Crippen LogP contribution in [0.2, 0.25) is 0 Å². The van der Waals surface area contributed by atoms with Gasteiger partial charge in [-0.3, -0.25) is 4.79 Å². The number of hydrogen-bond donors (Lipinski definition) is 1. The number of hydrogen-bond acceptors (Lipinski definition) is 5. The number of amides is 1. The van der Waals surface area contributed by atoms with Crippen LogP contribution in [0.15, 0.2) is 42.6 Å². The molecule has 10 heteroatoms. The number of nitrogens with zero attached hydrogens (tertiary/aromatic N) is 4. The number of nitrogens with one attached hydrogen (secondary N) is 1. The number of fused-ring (bicyclic) bond motifs is 1. The van der Waals surface area contributed by atoms with Crippen molar-refractivity contribution in [2.75, 3.05) is 5.32 Å². The van der Waals surface area contributed by atoms with Crippen LogP contribution in [0.5, 0.6) is 0 Å². The van der Waals surface area contributed by atoms with Gasteiger partial charge in [-0.15, -0.1) is 11.3 Å². The number of alkyl halides is 3. The van der Waals surface area contributed by atoms with Crippen molar-refractivity contribution >= 4 is 28.7 Å². The van der Waals surface area contributed by atoms with Crippen LogP contribution in [0.4, 0.5) is 19.0 Å². The SMILES string of the molecule is Cc1nc(C(=O)Nc2ccnc3cc(-c4ccccc4C(F)(F)F)nn23)c(C)s1.